The van der Waals surface area contributed by atoms with Gasteiger partial charge in [-0.2, -0.15) is 0 Å². The lowest BCUT2D eigenvalue weighted by Crippen LogP contribution is -2.39. The maximum atomic E-state index is 11.6. The average molecular weight is 281 g/mol. The molecule has 0 aliphatic carbocycles. The monoisotopic (exact) mass is 281 g/mol. The van der Waals surface area contributed by atoms with E-state index in [1.54, 1.807) is 6.07 Å². The van der Waals surface area contributed by atoms with Crippen LogP contribution in [-0.2, 0) is 14.3 Å². The van der Waals surface area contributed by atoms with E-state index < -0.39 is 18.0 Å². The second kappa shape index (κ2) is 7.49. The first kappa shape index (κ1) is 16.0. The lowest BCUT2D eigenvalue weighted by atomic mass is 10.1. The number of carboxylic acids is 1. The third kappa shape index (κ3) is 4.55. The molecule has 1 atom stereocenters. The number of carbonyl (C=O) groups is 2. The van der Waals surface area contributed by atoms with Gasteiger partial charge in [-0.1, -0.05) is 12.1 Å². The number of amides is 1. The normalized spacial score (nSPS) is 11.8. The molecule has 20 heavy (non-hydrogen) atoms. The van der Waals surface area contributed by atoms with E-state index in [2.05, 4.69) is 5.32 Å². The zero-order valence-electron chi connectivity index (χ0n) is 11.8. The molecule has 0 bridgehead atoms. The van der Waals surface area contributed by atoms with Gasteiger partial charge in [-0.25, -0.2) is 4.79 Å². The van der Waals surface area contributed by atoms with Gasteiger partial charge >= 0.3 is 5.97 Å². The van der Waals surface area contributed by atoms with E-state index in [4.69, 9.17) is 14.6 Å². The van der Waals surface area contributed by atoms with Crippen LogP contribution in [0.2, 0.25) is 0 Å². The van der Waals surface area contributed by atoms with Crippen LogP contribution in [-0.4, -0.2) is 43.3 Å². The van der Waals surface area contributed by atoms with Crippen LogP contribution in [0.3, 0.4) is 0 Å². The first-order valence-electron chi connectivity index (χ1n) is 6.17. The van der Waals surface area contributed by atoms with Gasteiger partial charge in [0.25, 0.3) is 5.91 Å². The Bertz CT molecular complexity index is 486. The molecule has 1 aromatic rings. The van der Waals surface area contributed by atoms with E-state index in [0.717, 1.165) is 11.1 Å². The van der Waals surface area contributed by atoms with E-state index in [-0.39, 0.29) is 13.2 Å². The predicted octanol–water partition coefficient (Wildman–Crippen LogP) is 0.898. The molecule has 0 radical (unpaired) electrons. The molecule has 0 heterocycles. The van der Waals surface area contributed by atoms with Crippen molar-refractivity contribution in [2.24, 2.45) is 0 Å². The number of ether oxygens (including phenoxy) is 2. The molecule has 1 aromatic carbocycles. The van der Waals surface area contributed by atoms with E-state index in [1.807, 2.05) is 26.0 Å². The number of rotatable bonds is 7. The molecule has 0 saturated heterocycles. The maximum Gasteiger partial charge on any atom is 0.334 e. The van der Waals surface area contributed by atoms with Crippen molar-refractivity contribution in [1.29, 1.82) is 0 Å². The van der Waals surface area contributed by atoms with E-state index >= 15 is 0 Å². The van der Waals surface area contributed by atoms with Crippen LogP contribution in [0.1, 0.15) is 11.1 Å². The summed E-state index contributed by atoms with van der Waals surface area (Å²) >= 11 is 0. The van der Waals surface area contributed by atoms with Gasteiger partial charge in [0.1, 0.15) is 5.75 Å². The highest BCUT2D eigenvalue weighted by Crippen LogP contribution is 2.20. The minimum absolute atomic E-state index is 0.0964. The Kier molecular flexibility index (Phi) is 5.99. The second-order valence-electron chi connectivity index (χ2n) is 4.35. The Morgan fingerprint density at radius 2 is 2.05 bits per heavy atom. The van der Waals surface area contributed by atoms with Crippen LogP contribution < -0.4 is 10.1 Å². The zero-order chi connectivity index (χ0) is 15.1. The van der Waals surface area contributed by atoms with Crippen LogP contribution in [0.5, 0.6) is 5.75 Å². The van der Waals surface area contributed by atoms with Crippen molar-refractivity contribution in [3.05, 3.63) is 29.3 Å². The van der Waals surface area contributed by atoms with Crippen molar-refractivity contribution >= 4 is 11.9 Å². The molecule has 1 unspecified atom stereocenters. The first-order valence-corrected chi connectivity index (χ1v) is 6.17. The van der Waals surface area contributed by atoms with Gasteiger partial charge in [-0.15, -0.1) is 0 Å². The highest BCUT2D eigenvalue weighted by Gasteiger charge is 2.17. The third-order valence-electron chi connectivity index (χ3n) is 2.96. The standard InChI is InChI=1S/C14H19NO5/c1-9-5-4-6-11(10(9)2)20-8-13(16)15-7-12(19-3)14(17)18/h4-6,12H,7-8H2,1-3H3,(H,15,16)(H,17,18). The molecule has 0 aliphatic heterocycles. The van der Waals surface area contributed by atoms with Crippen LogP contribution in [0, 0.1) is 13.8 Å². The summed E-state index contributed by atoms with van der Waals surface area (Å²) in [7, 11) is 1.28. The molecule has 0 spiro atoms. The number of carbonyl (C=O) groups excluding carboxylic acids is 1. The van der Waals surface area contributed by atoms with Crippen molar-refractivity contribution in [2.75, 3.05) is 20.3 Å². The van der Waals surface area contributed by atoms with E-state index in [1.165, 1.54) is 7.11 Å². The summed E-state index contributed by atoms with van der Waals surface area (Å²) in [5, 5.41) is 11.2. The quantitative estimate of drug-likeness (QED) is 0.775. The fraction of sp³-hybridized carbons (Fsp3) is 0.429. The average Bonchev–Trinajstić information content (AvgIpc) is 2.40. The lowest BCUT2D eigenvalue weighted by Gasteiger charge is -2.13. The van der Waals surface area contributed by atoms with E-state index in [9.17, 15) is 9.59 Å². The van der Waals surface area contributed by atoms with Gasteiger partial charge in [-0.05, 0) is 31.0 Å². The van der Waals surface area contributed by atoms with Gasteiger partial charge < -0.3 is 19.9 Å². The molecule has 1 amide bonds. The minimum Gasteiger partial charge on any atom is -0.483 e. The smallest absolute Gasteiger partial charge is 0.334 e. The van der Waals surface area contributed by atoms with E-state index in [0.29, 0.717) is 5.75 Å². The third-order valence-corrected chi connectivity index (χ3v) is 2.96. The summed E-state index contributed by atoms with van der Waals surface area (Å²) in [6.45, 7) is 3.60. The fourth-order valence-electron chi connectivity index (χ4n) is 1.55. The van der Waals surface area contributed by atoms with Crippen LogP contribution in [0.25, 0.3) is 0 Å². The molecule has 0 aromatic heterocycles. The highest BCUT2D eigenvalue weighted by molar-refractivity contribution is 5.79. The summed E-state index contributed by atoms with van der Waals surface area (Å²) in [6.07, 6.45) is -1.06. The summed E-state index contributed by atoms with van der Waals surface area (Å²) < 4.78 is 10.1. The summed E-state index contributed by atoms with van der Waals surface area (Å²) in [6, 6.07) is 5.59. The molecule has 1 rings (SSSR count). The van der Waals surface area contributed by atoms with Crippen LogP contribution >= 0.6 is 0 Å². The van der Waals surface area contributed by atoms with Crippen molar-refractivity contribution in [3.63, 3.8) is 0 Å². The predicted molar refractivity (Wildman–Crippen MR) is 72.9 cm³/mol. The lowest BCUT2D eigenvalue weighted by molar-refractivity contribution is -0.148. The van der Waals surface area contributed by atoms with Gasteiger partial charge in [0.2, 0.25) is 0 Å². The number of nitrogens with one attached hydrogen (secondary N) is 1. The van der Waals surface area contributed by atoms with Crippen molar-refractivity contribution in [3.8, 4) is 5.75 Å². The SMILES string of the molecule is COC(CNC(=O)COc1cccc(C)c1C)C(=O)O. The molecule has 0 aliphatic rings. The Morgan fingerprint density at radius 1 is 1.35 bits per heavy atom. The zero-order valence-corrected chi connectivity index (χ0v) is 11.8. The topological polar surface area (TPSA) is 84.9 Å². The highest BCUT2D eigenvalue weighted by atomic mass is 16.5. The minimum atomic E-state index is -1.12. The van der Waals surface area contributed by atoms with Crippen molar-refractivity contribution in [2.45, 2.75) is 20.0 Å². The molecule has 6 heteroatoms. The van der Waals surface area contributed by atoms with Crippen molar-refractivity contribution in [1.82, 2.24) is 5.32 Å². The molecule has 6 nitrogen and oxygen atoms in total. The van der Waals surface area contributed by atoms with Crippen LogP contribution in [0.4, 0.5) is 0 Å². The molecule has 0 saturated carbocycles. The van der Waals surface area contributed by atoms with Gasteiger partial charge in [0, 0.05) is 7.11 Å². The number of aryl methyl sites for hydroxylation is 1. The molecule has 110 valence electrons. The van der Waals surface area contributed by atoms with Crippen molar-refractivity contribution < 1.29 is 24.2 Å². The molecule has 0 fully saturated rings. The number of hydrogen-bond donors (Lipinski definition) is 2. The first-order chi connectivity index (χ1) is 9.45. The Hall–Kier alpha value is -2.08. The Morgan fingerprint density at radius 3 is 2.65 bits per heavy atom. The number of benzene rings is 1. The number of aliphatic carboxylic acids is 1. The summed E-state index contributed by atoms with van der Waals surface area (Å²) in [5.74, 6) is -0.876. The second-order valence-corrected chi connectivity index (χ2v) is 4.35. The number of hydrogen-bond acceptors (Lipinski definition) is 4. The van der Waals surface area contributed by atoms with Gasteiger partial charge in [-0.3, -0.25) is 4.79 Å². The summed E-state index contributed by atoms with van der Waals surface area (Å²) in [4.78, 5) is 22.3. The molecular weight excluding hydrogens is 262 g/mol. The molecule has 2 N–H and O–H groups in total. The van der Waals surface area contributed by atoms with Crippen LogP contribution in [0.15, 0.2) is 18.2 Å². The maximum absolute atomic E-state index is 11.6. The van der Waals surface area contributed by atoms with Gasteiger partial charge in [0.05, 0.1) is 6.54 Å². The summed E-state index contributed by atoms with van der Waals surface area (Å²) in [5.41, 5.74) is 2.05. The molecular formula is C14H19NO5. The largest absolute Gasteiger partial charge is 0.483 e. The Balaban J connectivity index is 2.44. The van der Waals surface area contributed by atoms with Gasteiger partial charge in [0.15, 0.2) is 12.7 Å². The number of carboxylic acid groups (broad SMARTS) is 1. The Labute approximate surface area is 117 Å². The number of methoxy groups -OCH3 is 1. The fourth-order valence-corrected chi connectivity index (χ4v) is 1.55.